The van der Waals surface area contributed by atoms with E-state index >= 15 is 0 Å². The molecule has 0 rings (SSSR count). The van der Waals surface area contributed by atoms with E-state index in [0.29, 0.717) is 12.8 Å². The van der Waals surface area contributed by atoms with Crippen molar-refractivity contribution < 1.29 is 85.6 Å². The first-order valence-corrected chi connectivity index (χ1v) is 8.51. The van der Waals surface area contributed by atoms with E-state index in [1.807, 2.05) is 19.1 Å². The average Bonchev–Trinajstić information content (AvgIpc) is 2.56. The Bertz CT molecular complexity index is 464. The van der Waals surface area contributed by atoms with Crippen LogP contribution in [0.5, 0.6) is 0 Å². The average molecular weight is 398 g/mol. The Balaban J connectivity index is 0. The molecule has 9 heteroatoms. The SMILES string of the molecule is C/C=C/CCCC(=O)NCC[N+](CCO)(C(C)C(=O)[O-])C(C)C(=O)O.[K+]. The van der Waals surface area contributed by atoms with Crippen LogP contribution >= 0.6 is 0 Å². The monoisotopic (exact) mass is 397 g/mol. The van der Waals surface area contributed by atoms with Gasteiger partial charge in [-0.1, -0.05) is 12.2 Å². The maximum Gasteiger partial charge on any atom is 1.00 e. The predicted molar refractivity (Wildman–Crippen MR) is 90.3 cm³/mol. The number of quaternary nitrogens is 1. The molecule has 0 radical (unpaired) electrons. The molecule has 0 aromatic carbocycles. The molecule has 0 heterocycles. The van der Waals surface area contributed by atoms with Gasteiger partial charge in [-0.2, -0.15) is 0 Å². The van der Waals surface area contributed by atoms with E-state index in [-0.39, 0.29) is 83.5 Å². The molecule has 1 amide bonds. The summed E-state index contributed by atoms with van der Waals surface area (Å²) in [4.78, 5) is 34.6. The molecule has 3 N–H and O–H groups in total. The Morgan fingerprint density at radius 3 is 2.27 bits per heavy atom. The van der Waals surface area contributed by atoms with Crippen molar-refractivity contribution in [3.8, 4) is 0 Å². The number of rotatable bonds is 13. The van der Waals surface area contributed by atoms with E-state index in [2.05, 4.69) is 5.32 Å². The van der Waals surface area contributed by atoms with Crippen molar-refractivity contribution in [1.29, 1.82) is 0 Å². The van der Waals surface area contributed by atoms with Crippen molar-refractivity contribution >= 4 is 17.8 Å². The summed E-state index contributed by atoms with van der Waals surface area (Å²) in [5.41, 5.74) is 0. The molecule has 0 fully saturated rings. The summed E-state index contributed by atoms with van der Waals surface area (Å²) >= 11 is 0. The summed E-state index contributed by atoms with van der Waals surface area (Å²) in [6.45, 7) is 4.44. The number of nitrogens with one attached hydrogen (secondary N) is 1. The molecule has 0 aliphatic rings. The van der Waals surface area contributed by atoms with Crippen LogP contribution in [0.3, 0.4) is 0 Å². The van der Waals surface area contributed by atoms with Gasteiger partial charge in [-0.15, -0.1) is 0 Å². The van der Waals surface area contributed by atoms with Gasteiger partial charge in [0.2, 0.25) is 5.91 Å². The number of amides is 1. The standard InChI is InChI=1S/C17H30N2O6.K/c1-4-5-6-7-8-15(21)18-9-10-19(11-12-20,13(2)16(22)23)14(3)17(24)25;/h4-5,13-14,20H,6-12H2,1-3H3,(H2-,18,21,22,23,24,25);/q;+1/b5-4+;. The topological polar surface area (TPSA) is 127 Å². The van der Waals surface area contributed by atoms with Crippen LogP contribution in [0.1, 0.15) is 40.0 Å². The Kier molecular flexibility index (Phi) is 15.8. The molecule has 0 aliphatic heterocycles. The molecule has 0 aromatic rings. The molecule has 3 atom stereocenters. The number of carbonyl (C=O) groups excluding carboxylic acids is 2. The largest absolute Gasteiger partial charge is 1.00 e. The number of carboxylic acid groups (broad SMARTS) is 2. The van der Waals surface area contributed by atoms with Gasteiger partial charge in [-0.25, -0.2) is 4.79 Å². The van der Waals surface area contributed by atoms with E-state index < -0.39 is 28.5 Å². The first kappa shape index (κ1) is 27.9. The summed E-state index contributed by atoms with van der Waals surface area (Å²) in [6, 6.07) is -2.20. The van der Waals surface area contributed by atoms with Crippen molar-refractivity contribution in [1.82, 2.24) is 5.32 Å². The fraction of sp³-hybridized carbons (Fsp3) is 0.706. The summed E-state index contributed by atoms with van der Waals surface area (Å²) in [6.07, 6.45) is 5.72. The van der Waals surface area contributed by atoms with Gasteiger partial charge in [0.05, 0.1) is 25.7 Å². The van der Waals surface area contributed by atoms with Gasteiger partial charge in [0.15, 0.2) is 6.04 Å². The zero-order valence-corrected chi connectivity index (χ0v) is 19.4. The minimum atomic E-state index is -1.39. The Labute approximate surface area is 197 Å². The maximum absolute atomic E-state index is 11.8. The molecule has 0 aliphatic carbocycles. The van der Waals surface area contributed by atoms with E-state index in [1.165, 1.54) is 13.8 Å². The predicted octanol–water partition coefficient (Wildman–Crippen LogP) is -3.73. The number of hydrogen-bond acceptors (Lipinski definition) is 5. The summed E-state index contributed by atoms with van der Waals surface area (Å²) in [5.74, 6) is -2.73. The molecular formula is C17H30KN2O6+. The molecule has 144 valence electrons. The maximum atomic E-state index is 11.8. The van der Waals surface area contributed by atoms with Gasteiger partial charge < -0.3 is 29.9 Å². The molecule has 0 saturated heterocycles. The molecular weight excluding hydrogens is 367 g/mol. The van der Waals surface area contributed by atoms with Gasteiger partial charge in [-0.05, 0) is 33.6 Å². The van der Waals surface area contributed by atoms with Crippen LogP contribution in [-0.2, 0) is 14.4 Å². The quantitative estimate of drug-likeness (QED) is 0.127. The number of hydrogen-bond donors (Lipinski definition) is 3. The third-order valence-electron chi connectivity index (χ3n) is 4.62. The number of aliphatic hydroxyl groups excluding tert-OH is 1. The molecule has 0 aromatic heterocycles. The zero-order chi connectivity index (χ0) is 19.5. The Morgan fingerprint density at radius 1 is 1.19 bits per heavy atom. The number of carboxylic acids is 2. The first-order chi connectivity index (χ1) is 11.7. The second-order valence-corrected chi connectivity index (χ2v) is 6.09. The number of nitrogens with zero attached hydrogens (tertiary/aromatic N) is 1. The normalized spacial score (nSPS) is 15.5. The van der Waals surface area contributed by atoms with Gasteiger partial charge in [0.1, 0.15) is 12.6 Å². The molecule has 26 heavy (non-hydrogen) atoms. The second kappa shape index (κ2) is 14.7. The van der Waals surface area contributed by atoms with Crippen molar-refractivity contribution in [2.24, 2.45) is 0 Å². The van der Waals surface area contributed by atoms with E-state index in [4.69, 9.17) is 0 Å². The molecule has 0 bridgehead atoms. The number of allylic oxidation sites excluding steroid dienone is 2. The van der Waals surface area contributed by atoms with E-state index in [0.717, 1.165) is 6.42 Å². The minimum Gasteiger partial charge on any atom is -0.544 e. The summed E-state index contributed by atoms with van der Waals surface area (Å²) < 4.78 is -0.396. The smallest absolute Gasteiger partial charge is 0.544 e. The molecule has 0 saturated carbocycles. The third-order valence-corrected chi connectivity index (χ3v) is 4.62. The van der Waals surface area contributed by atoms with Gasteiger partial charge >= 0.3 is 57.4 Å². The van der Waals surface area contributed by atoms with Crippen molar-refractivity contribution in [3.05, 3.63) is 12.2 Å². The number of aliphatic carboxylic acids is 2. The number of unbranched alkanes of at least 4 members (excludes halogenated alkanes) is 1. The third kappa shape index (κ3) is 9.07. The van der Waals surface area contributed by atoms with Crippen LogP contribution < -0.4 is 61.8 Å². The van der Waals surface area contributed by atoms with Crippen LogP contribution in [-0.4, -0.2) is 70.9 Å². The summed E-state index contributed by atoms with van der Waals surface area (Å²) in [5, 5.41) is 32.7. The van der Waals surface area contributed by atoms with Crippen LogP contribution in [0.25, 0.3) is 0 Å². The van der Waals surface area contributed by atoms with Crippen LogP contribution in [0, 0.1) is 0 Å². The van der Waals surface area contributed by atoms with Crippen LogP contribution in [0.4, 0.5) is 0 Å². The zero-order valence-electron chi connectivity index (χ0n) is 16.2. The van der Waals surface area contributed by atoms with Gasteiger partial charge in [0, 0.05) is 6.42 Å². The molecule has 8 nitrogen and oxygen atoms in total. The van der Waals surface area contributed by atoms with Crippen LogP contribution in [0.15, 0.2) is 12.2 Å². The van der Waals surface area contributed by atoms with Gasteiger partial charge in [0.25, 0.3) is 0 Å². The molecule has 0 spiro atoms. The summed E-state index contributed by atoms with van der Waals surface area (Å²) in [7, 11) is 0. The minimum absolute atomic E-state index is 0. The first-order valence-electron chi connectivity index (χ1n) is 8.51. The number of carbonyl (C=O) groups is 3. The van der Waals surface area contributed by atoms with E-state index in [9.17, 15) is 29.7 Å². The molecule has 3 unspecified atom stereocenters. The fourth-order valence-electron chi connectivity index (χ4n) is 2.88. The Morgan fingerprint density at radius 2 is 1.81 bits per heavy atom. The van der Waals surface area contributed by atoms with Crippen molar-refractivity contribution in [3.63, 3.8) is 0 Å². The van der Waals surface area contributed by atoms with Crippen LogP contribution in [0.2, 0.25) is 0 Å². The fourth-order valence-corrected chi connectivity index (χ4v) is 2.88. The van der Waals surface area contributed by atoms with Crippen molar-refractivity contribution in [2.75, 3.05) is 26.2 Å². The van der Waals surface area contributed by atoms with Crippen molar-refractivity contribution in [2.45, 2.75) is 52.1 Å². The Hall–Kier alpha value is -0.294. The number of aliphatic hydroxyl groups is 1. The van der Waals surface area contributed by atoms with Gasteiger partial charge in [-0.3, -0.25) is 4.79 Å². The van der Waals surface area contributed by atoms with E-state index in [1.54, 1.807) is 0 Å². The second-order valence-electron chi connectivity index (χ2n) is 6.09.